The lowest BCUT2D eigenvalue weighted by Crippen LogP contribution is -2.46. The highest BCUT2D eigenvalue weighted by Crippen LogP contribution is 2.13. The minimum Gasteiger partial charge on any atom is -0.352 e. The summed E-state index contributed by atoms with van der Waals surface area (Å²) in [4.78, 5) is 14.3. The molecular weight excluding hydrogens is 216 g/mol. The third-order valence-corrected chi connectivity index (χ3v) is 2.61. The highest BCUT2D eigenvalue weighted by Gasteiger charge is 2.16. The molecule has 1 amide bonds. The number of piperazine rings is 1. The first-order valence-corrected chi connectivity index (χ1v) is 5.11. The highest BCUT2D eigenvalue weighted by atomic mass is 35.5. The van der Waals surface area contributed by atoms with E-state index in [1.807, 2.05) is 6.07 Å². The maximum atomic E-state index is 10.5. The first-order chi connectivity index (χ1) is 7.29. The van der Waals surface area contributed by atoms with E-state index in [1.165, 1.54) is 0 Å². The van der Waals surface area contributed by atoms with Crippen molar-refractivity contribution in [3.63, 3.8) is 0 Å². The molecule has 0 bridgehead atoms. The van der Waals surface area contributed by atoms with Crippen LogP contribution in [0.5, 0.6) is 0 Å². The van der Waals surface area contributed by atoms with Crippen LogP contribution in [0, 0.1) is 0 Å². The standard InChI is InChI=1S/C9H11ClN4O/c10-8-1-2-9(12-11-8)14-5-3-13(7-15)4-6-14/h1-2,7H,3-6H2. The van der Waals surface area contributed by atoms with Gasteiger partial charge >= 0.3 is 0 Å². The van der Waals surface area contributed by atoms with Crippen LogP contribution >= 0.6 is 11.6 Å². The number of anilines is 1. The average molecular weight is 227 g/mol. The lowest BCUT2D eigenvalue weighted by molar-refractivity contribution is -0.118. The van der Waals surface area contributed by atoms with E-state index in [9.17, 15) is 4.79 Å². The molecule has 0 N–H and O–H groups in total. The van der Waals surface area contributed by atoms with Crippen LogP contribution in [-0.4, -0.2) is 47.7 Å². The predicted molar refractivity (Wildman–Crippen MR) is 56.9 cm³/mol. The minimum absolute atomic E-state index is 0.394. The molecule has 1 aromatic heterocycles. The van der Waals surface area contributed by atoms with Crippen molar-refractivity contribution in [3.05, 3.63) is 17.3 Å². The van der Waals surface area contributed by atoms with E-state index >= 15 is 0 Å². The fourth-order valence-electron chi connectivity index (χ4n) is 1.53. The van der Waals surface area contributed by atoms with Crippen LogP contribution in [0.15, 0.2) is 12.1 Å². The normalized spacial score (nSPS) is 16.6. The lowest BCUT2D eigenvalue weighted by atomic mass is 10.3. The van der Waals surface area contributed by atoms with Crippen LogP contribution in [0.4, 0.5) is 5.82 Å². The Bertz CT molecular complexity index is 334. The quantitative estimate of drug-likeness (QED) is 0.686. The van der Waals surface area contributed by atoms with Crippen molar-refractivity contribution in [2.24, 2.45) is 0 Å². The predicted octanol–water partition coefficient (Wildman–Crippen LogP) is 0.408. The van der Waals surface area contributed by atoms with Gasteiger partial charge in [0.15, 0.2) is 11.0 Å². The molecule has 5 nitrogen and oxygen atoms in total. The molecule has 0 aliphatic carbocycles. The van der Waals surface area contributed by atoms with Crippen molar-refractivity contribution in [1.29, 1.82) is 0 Å². The number of hydrogen-bond donors (Lipinski definition) is 0. The van der Waals surface area contributed by atoms with Gasteiger partial charge in [0, 0.05) is 26.2 Å². The summed E-state index contributed by atoms with van der Waals surface area (Å²) < 4.78 is 0. The van der Waals surface area contributed by atoms with Crippen molar-refractivity contribution in [2.45, 2.75) is 0 Å². The maximum Gasteiger partial charge on any atom is 0.209 e. The second-order valence-corrected chi connectivity index (χ2v) is 3.73. The summed E-state index contributed by atoms with van der Waals surface area (Å²) in [5.74, 6) is 0.810. The van der Waals surface area contributed by atoms with Crippen molar-refractivity contribution in [3.8, 4) is 0 Å². The Morgan fingerprint density at radius 3 is 2.47 bits per heavy atom. The third-order valence-electron chi connectivity index (χ3n) is 2.41. The summed E-state index contributed by atoms with van der Waals surface area (Å²) in [7, 11) is 0. The minimum atomic E-state index is 0.394. The van der Waals surface area contributed by atoms with Gasteiger partial charge in [-0.05, 0) is 12.1 Å². The first-order valence-electron chi connectivity index (χ1n) is 4.73. The monoisotopic (exact) mass is 226 g/mol. The van der Waals surface area contributed by atoms with E-state index < -0.39 is 0 Å². The molecular formula is C9H11ClN4O. The largest absolute Gasteiger partial charge is 0.352 e. The highest BCUT2D eigenvalue weighted by molar-refractivity contribution is 6.29. The summed E-state index contributed by atoms with van der Waals surface area (Å²) in [6, 6.07) is 3.56. The number of carbonyl (C=O) groups excluding carboxylic acids is 1. The van der Waals surface area contributed by atoms with Crippen LogP contribution in [0.25, 0.3) is 0 Å². The average Bonchev–Trinajstić information content (AvgIpc) is 2.30. The molecule has 0 radical (unpaired) electrons. The third kappa shape index (κ3) is 2.36. The molecule has 6 heteroatoms. The SMILES string of the molecule is O=CN1CCN(c2ccc(Cl)nn2)CC1. The molecule has 1 aliphatic rings. The molecule has 80 valence electrons. The molecule has 0 spiro atoms. The molecule has 0 atom stereocenters. The van der Waals surface area contributed by atoms with Crippen molar-refractivity contribution in [1.82, 2.24) is 15.1 Å². The molecule has 15 heavy (non-hydrogen) atoms. The Labute approximate surface area is 92.6 Å². The van der Waals surface area contributed by atoms with Crippen molar-refractivity contribution < 1.29 is 4.79 Å². The Morgan fingerprint density at radius 1 is 1.20 bits per heavy atom. The molecule has 2 heterocycles. The summed E-state index contributed by atoms with van der Waals surface area (Å²) in [6.07, 6.45) is 0.880. The fraction of sp³-hybridized carbons (Fsp3) is 0.444. The maximum absolute atomic E-state index is 10.5. The Kier molecular flexibility index (Phi) is 3.01. The van der Waals surface area contributed by atoms with Crippen molar-refractivity contribution in [2.75, 3.05) is 31.1 Å². The van der Waals surface area contributed by atoms with Crippen LogP contribution in [-0.2, 0) is 4.79 Å². The summed E-state index contributed by atoms with van der Waals surface area (Å²) in [5.41, 5.74) is 0. The molecule has 0 aromatic carbocycles. The fourth-order valence-corrected chi connectivity index (χ4v) is 1.63. The second kappa shape index (κ2) is 4.44. The number of amides is 1. The smallest absolute Gasteiger partial charge is 0.209 e. The van der Waals surface area contributed by atoms with Gasteiger partial charge in [-0.25, -0.2) is 0 Å². The van der Waals surface area contributed by atoms with E-state index in [0.29, 0.717) is 5.15 Å². The Hall–Kier alpha value is -1.36. The number of halogens is 1. The number of rotatable bonds is 2. The van der Waals surface area contributed by atoms with Gasteiger partial charge in [0.1, 0.15) is 0 Å². The topological polar surface area (TPSA) is 49.3 Å². The van der Waals surface area contributed by atoms with Crippen molar-refractivity contribution >= 4 is 23.8 Å². The van der Waals surface area contributed by atoms with Crippen LogP contribution in [0.2, 0.25) is 5.15 Å². The Balaban J connectivity index is 2.01. The van der Waals surface area contributed by atoms with Gasteiger partial charge < -0.3 is 9.80 Å². The van der Waals surface area contributed by atoms with Gasteiger partial charge in [-0.3, -0.25) is 4.79 Å². The van der Waals surface area contributed by atoms with Gasteiger partial charge in [0.05, 0.1) is 0 Å². The van der Waals surface area contributed by atoms with Crippen LogP contribution < -0.4 is 4.90 Å². The number of hydrogen-bond acceptors (Lipinski definition) is 4. The second-order valence-electron chi connectivity index (χ2n) is 3.34. The molecule has 1 aliphatic heterocycles. The summed E-state index contributed by atoms with van der Waals surface area (Å²) >= 11 is 5.65. The van der Waals surface area contributed by atoms with Gasteiger partial charge in [-0.2, -0.15) is 0 Å². The van der Waals surface area contributed by atoms with Crippen LogP contribution in [0.3, 0.4) is 0 Å². The van der Waals surface area contributed by atoms with Gasteiger partial charge in [-0.1, -0.05) is 11.6 Å². The summed E-state index contributed by atoms with van der Waals surface area (Å²) in [6.45, 7) is 3.03. The van der Waals surface area contributed by atoms with Crippen LogP contribution in [0.1, 0.15) is 0 Å². The molecule has 2 rings (SSSR count). The lowest BCUT2D eigenvalue weighted by Gasteiger charge is -2.32. The van der Waals surface area contributed by atoms with E-state index in [-0.39, 0.29) is 0 Å². The molecule has 0 saturated carbocycles. The molecule has 0 unspecified atom stereocenters. The number of aromatic nitrogens is 2. The summed E-state index contributed by atoms with van der Waals surface area (Å²) in [5, 5.41) is 8.17. The first kappa shape index (κ1) is 10.2. The zero-order valence-electron chi connectivity index (χ0n) is 8.14. The van der Waals surface area contributed by atoms with E-state index in [4.69, 9.17) is 11.6 Å². The zero-order chi connectivity index (χ0) is 10.7. The number of carbonyl (C=O) groups is 1. The van der Waals surface area contributed by atoms with Gasteiger partial charge in [0.2, 0.25) is 6.41 Å². The molecule has 1 fully saturated rings. The van der Waals surface area contributed by atoms with Gasteiger partial charge in [-0.15, -0.1) is 10.2 Å². The molecule has 1 saturated heterocycles. The van der Waals surface area contributed by atoms with E-state index in [0.717, 1.165) is 38.4 Å². The zero-order valence-corrected chi connectivity index (χ0v) is 8.89. The number of nitrogens with zero attached hydrogens (tertiary/aromatic N) is 4. The van der Waals surface area contributed by atoms with Gasteiger partial charge in [0.25, 0.3) is 0 Å². The Morgan fingerprint density at radius 2 is 1.93 bits per heavy atom. The van der Waals surface area contributed by atoms with E-state index in [2.05, 4.69) is 15.1 Å². The molecule has 1 aromatic rings. The van der Waals surface area contributed by atoms with E-state index in [1.54, 1.807) is 11.0 Å².